The highest BCUT2D eigenvalue weighted by molar-refractivity contribution is 9.10. The number of hydrogen-bond donors (Lipinski definition) is 2. The molecule has 0 atom stereocenters. The van der Waals surface area contributed by atoms with Gasteiger partial charge in [-0.1, -0.05) is 33.6 Å². The van der Waals surface area contributed by atoms with E-state index in [0.717, 1.165) is 4.47 Å². The Hall–Kier alpha value is -1.59. The Labute approximate surface area is 122 Å². The van der Waals surface area contributed by atoms with Gasteiger partial charge in [-0.05, 0) is 30.3 Å². The summed E-state index contributed by atoms with van der Waals surface area (Å²) in [5.41, 5.74) is 6.31. The van der Waals surface area contributed by atoms with Crippen LogP contribution in [0.4, 0.5) is 15.8 Å². The van der Waals surface area contributed by atoms with Crippen molar-refractivity contribution in [2.75, 3.05) is 11.1 Å². The average Bonchev–Trinajstić information content (AvgIpc) is 2.34. The van der Waals surface area contributed by atoms with E-state index >= 15 is 0 Å². The molecule has 1 amide bonds. The molecule has 3 N–H and O–H groups in total. The number of anilines is 2. The van der Waals surface area contributed by atoms with Gasteiger partial charge in [0, 0.05) is 10.2 Å². The predicted molar refractivity (Wildman–Crippen MR) is 77.9 cm³/mol. The molecule has 0 heterocycles. The molecule has 2 aromatic carbocycles. The first-order valence-electron chi connectivity index (χ1n) is 5.29. The molecule has 0 bridgehead atoms. The zero-order valence-corrected chi connectivity index (χ0v) is 11.9. The second-order valence-electron chi connectivity index (χ2n) is 3.79. The summed E-state index contributed by atoms with van der Waals surface area (Å²) in [6.07, 6.45) is 0. The maximum atomic E-state index is 13.7. The number of nitrogens with two attached hydrogens (primary N) is 1. The predicted octanol–water partition coefficient (Wildman–Crippen LogP) is 4.08. The molecule has 0 saturated carbocycles. The SMILES string of the molecule is Nc1cc(Br)ccc1C(=O)Nc1cccc(Cl)c1F. The van der Waals surface area contributed by atoms with Crippen molar-refractivity contribution in [2.24, 2.45) is 0 Å². The molecule has 6 heteroatoms. The van der Waals surface area contributed by atoms with Crippen molar-refractivity contribution in [3.8, 4) is 0 Å². The Kier molecular flexibility index (Phi) is 4.07. The number of carbonyl (C=O) groups is 1. The highest BCUT2D eigenvalue weighted by atomic mass is 79.9. The Morgan fingerprint density at radius 3 is 2.74 bits per heavy atom. The van der Waals surface area contributed by atoms with Gasteiger partial charge in [0.1, 0.15) is 0 Å². The monoisotopic (exact) mass is 342 g/mol. The van der Waals surface area contributed by atoms with E-state index in [1.807, 2.05) is 0 Å². The lowest BCUT2D eigenvalue weighted by atomic mass is 10.1. The number of benzene rings is 2. The molecule has 0 aliphatic carbocycles. The van der Waals surface area contributed by atoms with Crippen LogP contribution in [-0.4, -0.2) is 5.91 Å². The fraction of sp³-hybridized carbons (Fsp3) is 0. The minimum atomic E-state index is -0.673. The minimum Gasteiger partial charge on any atom is -0.398 e. The molecular weight excluding hydrogens is 335 g/mol. The van der Waals surface area contributed by atoms with Crippen LogP contribution < -0.4 is 11.1 Å². The normalized spacial score (nSPS) is 10.3. The van der Waals surface area contributed by atoms with E-state index in [0.29, 0.717) is 5.69 Å². The molecule has 19 heavy (non-hydrogen) atoms. The molecule has 3 nitrogen and oxygen atoms in total. The number of halogens is 3. The fourth-order valence-electron chi connectivity index (χ4n) is 1.53. The first-order chi connectivity index (χ1) is 8.99. The van der Waals surface area contributed by atoms with Gasteiger partial charge in [0.15, 0.2) is 5.82 Å². The zero-order chi connectivity index (χ0) is 14.0. The molecule has 0 saturated heterocycles. The first kappa shape index (κ1) is 13.8. The van der Waals surface area contributed by atoms with E-state index in [2.05, 4.69) is 21.2 Å². The van der Waals surface area contributed by atoms with Gasteiger partial charge in [-0.2, -0.15) is 0 Å². The molecule has 0 aromatic heterocycles. The van der Waals surface area contributed by atoms with Crippen molar-refractivity contribution < 1.29 is 9.18 Å². The lowest BCUT2D eigenvalue weighted by molar-refractivity contribution is 0.102. The molecule has 0 unspecified atom stereocenters. The van der Waals surface area contributed by atoms with Crippen LogP contribution in [0.25, 0.3) is 0 Å². The molecular formula is C13H9BrClFN2O. The molecule has 0 fully saturated rings. The molecule has 0 radical (unpaired) electrons. The first-order valence-corrected chi connectivity index (χ1v) is 6.46. The summed E-state index contributed by atoms with van der Waals surface area (Å²) in [5, 5.41) is 2.38. The number of carbonyl (C=O) groups excluding carboxylic acids is 1. The van der Waals surface area contributed by atoms with E-state index in [1.165, 1.54) is 12.1 Å². The summed E-state index contributed by atoms with van der Waals surface area (Å²) < 4.78 is 14.4. The maximum absolute atomic E-state index is 13.7. The Bertz CT molecular complexity index is 649. The second kappa shape index (κ2) is 5.59. The second-order valence-corrected chi connectivity index (χ2v) is 5.11. The standard InChI is InChI=1S/C13H9BrClFN2O/c14-7-4-5-8(10(17)6-7)13(19)18-11-3-1-2-9(15)12(11)16/h1-6H,17H2,(H,18,19). The van der Waals surface area contributed by atoms with Crippen LogP contribution in [0.15, 0.2) is 40.9 Å². The molecule has 0 spiro atoms. The number of amides is 1. The molecule has 0 aliphatic heterocycles. The summed E-state index contributed by atoms with van der Waals surface area (Å²) >= 11 is 8.88. The van der Waals surface area contributed by atoms with Crippen LogP contribution >= 0.6 is 27.5 Å². The van der Waals surface area contributed by atoms with Crippen molar-refractivity contribution in [1.82, 2.24) is 0 Å². The van der Waals surface area contributed by atoms with Crippen LogP contribution in [-0.2, 0) is 0 Å². The van der Waals surface area contributed by atoms with Gasteiger partial charge in [-0.3, -0.25) is 4.79 Å². The van der Waals surface area contributed by atoms with Crippen molar-refractivity contribution in [2.45, 2.75) is 0 Å². The van der Waals surface area contributed by atoms with E-state index in [-0.39, 0.29) is 16.3 Å². The molecule has 2 aromatic rings. The third-order valence-electron chi connectivity index (χ3n) is 2.46. The Morgan fingerprint density at radius 2 is 2.05 bits per heavy atom. The van der Waals surface area contributed by atoms with Crippen molar-refractivity contribution in [3.05, 3.63) is 57.3 Å². The van der Waals surface area contributed by atoms with Gasteiger partial charge in [-0.15, -0.1) is 0 Å². The van der Waals surface area contributed by atoms with Crippen LogP contribution in [0.1, 0.15) is 10.4 Å². The molecule has 0 aliphatic rings. The highest BCUT2D eigenvalue weighted by Gasteiger charge is 2.13. The lowest BCUT2D eigenvalue weighted by Crippen LogP contribution is -2.15. The van der Waals surface area contributed by atoms with Crippen LogP contribution in [0.3, 0.4) is 0 Å². The van der Waals surface area contributed by atoms with Gasteiger partial charge < -0.3 is 11.1 Å². The summed E-state index contributed by atoms with van der Waals surface area (Å²) in [4.78, 5) is 12.0. The number of nitrogens with one attached hydrogen (secondary N) is 1. The van der Waals surface area contributed by atoms with E-state index in [9.17, 15) is 9.18 Å². The smallest absolute Gasteiger partial charge is 0.257 e. The number of hydrogen-bond acceptors (Lipinski definition) is 2. The Morgan fingerprint density at radius 1 is 1.32 bits per heavy atom. The van der Waals surface area contributed by atoms with E-state index in [4.69, 9.17) is 17.3 Å². The van der Waals surface area contributed by atoms with Crippen molar-refractivity contribution in [3.63, 3.8) is 0 Å². The number of rotatable bonds is 2. The number of nitrogen functional groups attached to an aromatic ring is 1. The van der Waals surface area contributed by atoms with Gasteiger partial charge in [0.2, 0.25) is 0 Å². The fourth-order valence-corrected chi connectivity index (χ4v) is 2.08. The maximum Gasteiger partial charge on any atom is 0.257 e. The van der Waals surface area contributed by atoms with Gasteiger partial charge in [0.05, 0.1) is 16.3 Å². The average molecular weight is 344 g/mol. The highest BCUT2D eigenvalue weighted by Crippen LogP contribution is 2.24. The summed E-state index contributed by atoms with van der Waals surface area (Å²) in [5.74, 6) is -1.17. The Balaban J connectivity index is 2.28. The van der Waals surface area contributed by atoms with Gasteiger partial charge in [-0.25, -0.2) is 4.39 Å². The topological polar surface area (TPSA) is 55.1 Å². The summed E-state index contributed by atoms with van der Waals surface area (Å²) in [6.45, 7) is 0. The van der Waals surface area contributed by atoms with E-state index in [1.54, 1.807) is 24.3 Å². The third kappa shape index (κ3) is 3.05. The quantitative estimate of drug-likeness (QED) is 0.807. The van der Waals surface area contributed by atoms with Crippen LogP contribution in [0.2, 0.25) is 5.02 Å². The van der Waals surface area contributed by atoms with Crippen molar-refractivity contribution >= 4 is 44.8 Å². The van der Waals surface area contributed by atoms with Crippen LogP contribution in [0.5, 0.6) is 0 Å². The van der Waals surface area contributed by atoms with Crippen molar-refractivity contribution in [1.29, 1.82) is 0 Å². The zero-order valence-electron chi connectivity index (χ0n) is 9.58. The largest absolute Gasteiger partial charge is 0.398 e. The minimum absolute atomic E-state index is 0.0137. The van der Waals surface area contributed by atoms with Gasteiger partial charge in [0.25, 0.3) is 5.91 Å². The molecule has 98 valence electrons. The summed E-state index contributed by atoms with van der Waals surface area (Å²) in [7, 11) is 0. The van der Waals surface area contributed by atoms with Crippen LogP contribution in [0, 0.1) is 5.82 Å². The lowest BCUT2D eigenvalue weighted by Gasteiger charge is -2.09. The third-order valence-corrected chi connectivity index (χ3v) is 3.24. The van der Waals surface area contributed by atoms with Gasteiger partial charge >= 0.3 is 0 Å². The van der Waals surface area contributed by atoms with E-state index < -0.39 is 11.7 Å². The summed E-state index contributed by atoms with van der Waals surface area (Å²) in [6, 6.07) is 9.21. The molecule has 2 rings (SSSR count).